The Hall–Kier alpha value is -3.85. The van der Waals surface area contributed by atoms with Gasteiger partial charge in [0.1, 0.15) is 17.5 Å². The molecule has 1 amide bonds. The highest BCUT2D eigenvalue weighted by molar-refractivity contribution is 6.14. The summed E-state index contributed by atoms with van der Waals surface area (Å²) in [7, 11) is 1.55. The third kappa shape index (κ3) is 3.38. The topological polar surface area (TPSA) is 84.1 Å². The van der Waals surface area contributed by atoms with E-state index >= 15 is 0 Å². The SMILES string of the molecule is COc1ccc(C(=O)c2c(NC(C)=O)c(C#N)c(C)n2-c2ccccc2)cc1. The van der Waals surface area contributed by atoms with E-state index in [-0.39, 0.29) is 28.6 Å². The van der Waals surface area contributed by atoms with Crippen LogP contribution in [0.3, 0.4) is 0 Å². The second kappa shape index (κ2) is 7.80. The third-order valence-corrected chi connectivity index (χ3v) is 4.40. The number of para-hydroxylation sites is 1. The van der Waals surface area contributed by atoms with Gasteiger partial charge in [0.05, 0.1) is 18.4 Å². The largest absolute Gasteiger partial charge is 0.497 e. The molecule has 1 aromatic heterocycles. The predicted molar refractivity (Wildman–Crippen MR) is 106 cm³/mol. The fourth-order valence-corrected chi connectivity index (χ4v) is 3.12. The number of hydrogen-bond donors (Lipinski definition) is 1. The molecule has 0 saturated heterocycles. The minimum Gasteiger partial charge on any atom is -0.497 e. The van der Waals surface area contributed by atoms with E-state index in [1.807, 2.05) is 30.3 Å². The summed E-state index contributed by atoms with van der Waals surface area (Å²) in [6, 6.07) is 18.1. The van der Waals surface area contributed by atoms with Gasteiger partial charge in [-0.3, -0.25) is 9.59 Å². The van der Waals surface area contributed by atoms with Crippen LogP contribution in [-0.4, -0.2) is 23.4 Å². The molecule has 3 rings (SSSR count). The minimum absolute atomic E-state index is 0.220. The molecule has 0 aliphatic rings. The first kappa shape index (κ1) is 18.9. The first-order valence-electron chi connectivity index (χ1n) is 8.65. The summed E-state index contributed by atoms with van der Waals surface area (Å²) in [4.78, 5) is 25.2. The fraction of sp³-hybridized carbons (Fsp3) is 0.136. The van der Waals surface area contributed by atoms with Gasteiger partial charge in [0.15, 0.2) is 0 Å². The van der Waals surface area contributed by atoms with Crippen molar-refractivity contribution in [1.82, 2.24) is 4.57 Å². The van der Waals surface area contributed by atoms with E-state index < -0.39 is 0 Å². The van der Waals surface area contributed by atoms with Crippen molar-refractivity contribution in [3.63, 3.8) is 0 Å². The zero-order chi connectivity index (χ0) is 20.3. The van der Waals surface area contributed by atoms with Crippen LogP contribution in [0.25, 0.3) is 5.69 Å². The molecule has 6 nitrogen and oxygen atoms in total. The maximum absolute atomic E-state index is 13.4. The van der Waals surface area contributed by atoms with Gasteiger partial charge in [-0.25, -0.2) is 0 Å². The quantitative estimate of drug-likeness (QED) is 0.689. The molecule has 140 valence electrons. The molecular formula is C22H19N3O3. The smallest absolute Gasteiger partial charge is 0.221 e. The molecule has 0 spiro atoms. The summed E-state index contributed by atoms with van der Waals surface area (Å²) >= 11 is 0. The van der Waals surface area contributed by atoms with Crippen molar-refractivity contribution in [3.8, 4) is 17.5 Å². The van der Waals surface area contributed by atoms with Gasteiger partial charge in [0.25, 0.3) is 0 Å². The lowest BCUT2D eigenvalue weighted by Crippen LogP contribution is -2.15. The van der Waals surface area contributed by atoms with Gasteiger partial charge in [0, 0.05) is 23.9 Å². The van der Waals surface area contributed by atoms with Crippen LogP contribution in [0, 0.1) is 18.3 Å². The molecular weight excluding hydrogens is 354 g/mol. The zero-order valence-electron chi connectivity index (χ0n) is 15.8. The monoisotopic (exact) mass is 373 g/mol. The van der Waals surface area contributed by atoms with Crippen LogP contribution >= 0.6 is 0 Å². The standard InChI is InChI=1S/C22H19N3O3/c1-14-19(13-23)20(24-15(2)26)21(25(14)17-7-5-4-6-8-17)22(27)16-9-11-18(28-3)12-10-16/h4-12H,1-3H3,(H,24,26). The lowest BCUT2D eigenvalue weighted by atomic mass is 10.1. The molecule has 2 aromatic carbocycles. The number of ether oxygens (including phenoxy) is 1. The van der Waals surface area contributed by atoms with Crippen LogP contribution < -0.4 is 10.1 Å². The Bertz CT molecular complexity index is 1070. The first-order chi connectivity index (χ1) is 13.5. The summed E-state index contributed by atoms with van der Waals surface area (Å²) < 4.78 is 6.85. The van der Waals surface area contributed by atoms with Gasteiger partial charge < -0.3 is 14.6 Å². The number of aromatic nitrogens is 1. The fourth-order valence-electron chi connectivity index (χ4n) is 3.12. The number of nitriles is 1. The van der Waals surface area contributed by atoms with Gasteiger partial charge in [-0.1, -0.05) is 18.2 Å². The number of nitrogens with zero attached hydrogens (tertiary/aromatic N) is 2. The average molecular weight is 373 g/mol. The molecule has 0 fully saturated rings. The van der Waals surface area contributed by atoms with Crippen molar-refractivity contribution in [2.75, 3.05) is 12.4 Å². The van der Waals surface area contributed by atoms with Crippen molar-refractivity contribution >= 4 is 17.4 Å². The number of carbonyl (C=O) groups is 2. The molecule has 0 saturated carbocycles. The number of carbonyl (C=O) groups excluding carboxylic acids is 2. The molecule has 1 N–H and O–H groups in total. The highest BCUT2D eigenvalue weighted by Gasteiger charge is 2.27. The molecule has 1 heterocycles. The number of benzene rings is 2. The molecule has 0 unspecified atom stereocenters. The summed E-state index contributed by atoms with van der Waals surface area (Å²) in [5.74, 6) is -0.0312. The molecule has 0 bridgehead atoms. The Morgan fingerprint density at radius 2 is 1.71 bits per heavy atom. The summed E-state index contributed by atoms with van der Waals surface area (Å²) in [6.45, 7) is 3.10. The molecule has 0 aliphatic carbocycles. The number of nitrogens with one attached hydrogen (secondary N) is 1. The van der Waals surface area contributed by atoms with Crippen LogP contribution in [0.15, 0.2) is 54.6 Å². The number of anilines is 1. The Morgan fingerprint density at radius 1 is 1.07 bits per heavy atom. The number of rotatable bonds is 5. The van der Waals surface area contributed by atoms with Crippen molar-refractivity contribution < 1.29 is 14.3 Å². The van der Waals surface area contributed by atoms with E-state index in [2.05, 4.69) is 11.4 Å². The first-order valence-corrected chi connectivity index (χ1v) is 8.65. The number of amides is 1. The van der Waals surface area contributed by atoms with E-state index in [1.54, 1.807) is 42.9 Å². The number of methoxy groups -OCH3 is 1. The van der Waals surface area contributed by atoms with E-state index in [9.17, 15) is 14.9 Å². The average Bonchev–Trinajstić information content (AvgIpc) is 2.98. The highest BCUT2D eigenvalue weighted by atomic mass is 16.5. The maximum atomic E-state index is 13.4. The van der Waals surface area contributed by atoms with Crippen molar-refractivity contribution in [1.29, 1.82) is 5.26 Å². The third-order valence-electron chi connectivity index (χ3n) is 4.40. The maximum Gasteiger partial charge on any atom is 0.221 e. The van der Waals surface area contributed by atoms with Crippen LogP contribution in [-0.2, 0) is 4.79 Å². The normalized spacial score (nSPS) is 10.2. The second-order valence-corrected chi connectivity index (χ2v) is 6.21. The van der Waals surface area contributed by atoms with E-state index in [0.29, 0.717) is 17.0 Å². The summed E-state index contributed by atoms with van der Waals surface area (Å²) in [5, 5.41) is 12.3. The Morgan fingerprint density at radius 3 is 2.25 bits per heavy atom. The Kier molecular flexibility index (Phi) is 5.28. The van der Waals surface area contributed by atoms with Gasteiger partial charge in [-0.2, -0.15) is 5.26 Å². The lowest BCUT2D eigenvalue weighted by Gasteiger charge is -2.13. The molecule has 28 heavy (non-hydrogen) atoms. The van der Waals surface area contributed by atoms with Gasteiger partial charge >= 0.3 is 0 Å². The molecule has 3 aromatic rings. The summed E-state index contributed by atoms with van der Waals surface area (Å²) in [6.07, 6.45) is 0. The van der Waals surface area contributed by atoms with Crippen LogP contribution in [0.4, 0.5) is 5.69 Å². The molecule has 0 aliphatic heterocycles. The zero-order valence-corrected chi connectivity index (χ0v) is 15.8. The molecule has 6 heteroatoms. The summed E-state index contributed by atoms with van der Waals surface area (Å²) in [5.41, 5.74) is 2.44. The van der Waals surface area contributed by atoms with Gasteiger partial charge in [-0.15, -0.1) is 0 Å². The van der Waals surface area contributed by atoms with Crippen molar-refractivity contribution in [3.05, 3.63) is 77.1 Å². The second-order valence-electron chi connectivity index (χ2n) is 6.21. The minimum atomic E-state index is -0.356. The van der Waals surface area contributed by atoms with Crippen LogP contribution in [0.1, 0.15) is 34.2 Å². The number of ketones is 1. The molecule has 0 radical (unpaired) electrons. The van der Waals surface area contributed by atoms with Gasteiger partial charge in [0.2, 0.25) is 11.7 Å². The number of hydrogen-bond acceptors (Lipinski definition) is 4. The predicted octanol–water partition coefficient (Wildman–Crippen LogP) is 3.86. The Balaban J connectivity index is 2.28. The van der Waals surface area contributed by atoms with Gasteiger partial charge in [-0.05, 0) is 43.3 Å². The van der Waals surface area contributed by atoms with E-state index in [1.165, 1.54) is 6.92 Å². The van der Waals surface area contributed by atoms with Crippen molar-refractivity contribution in [2.45, 2.75) is 13.8 Å². The molecule has 0 atom stereocenters. The van der Waals surface area contributed by atoms with E-state index in [0.717, 1.165) is 5.69 Å². The van der Waals surface area contributed by atoms with E-state index in [4.69, 9.17) is 4.74 Å². The lowest BCUT2D eigenvalue weighted by molar-refractivity contribution is -0.114. The Labute approximate surface area is 163 Å². The highest BCUT2D eigenvalue weighted by Crippen LogP contribution is 2.33. The van der Waals surface area contributed by atoms with Crippen molar-refractivity contribution in [2.24, 2.45) is 0 Å². The van der Waals surface area contributed by atoms with Crippen LogP contribution in [0.2, 0.25) is 0 Å². The van der Waals surface area contributed by atoms with Crippen LogP contribution in [0.5, 0.6) is 5.75 Å².